The van der Waals surface area contributed by atoms with Gasteiger partial charge >= 0.3 is 0 Å². The van der Waals surface area contributed by atoms with Gasteiger partial charge in [0.05, 0.1) is 30.3 Å². The van der Waals surface area contributed by atoms with Gasteiger partial charge in [-0.1, -0.05) is 13.3 Å². The van der Waals surface area contributed by atoms with Crippen LogP contribution in [0.2, 0.25) is 0 Å². The fourth-order valence-electron chi connectivity index (χ4n) is 2.07. The molecule has 0 aromatic carbocycles. The Bertz CT molecular complexity index is 622. The van der Waals surface area contributed by atoms with Crippen molar-refractivity contribution in [3.8, 4) is 0 Å². The van der Waals surface area contributed by atoms with E-state index in [0.29, 0.717) is 16.8 Å². The lowest BCUT2D eigenvalue weighted by atomic mass is 10.2. The van der Waals surface area contributed by atoms with E-state index in [4.69, 9.17) is 0 Å². The van der Waals surface area contributed by atoms with E-state index in [1.54, 1.807) is 18.5 Å². The summed E-state index contributed by atoms with van der Waals surface area (Å²) in [5.41, 5.74) is 2.54. The fourth-order valence-corrected chi connectivity index (χ4v) is 2.07. The third kappa shape index (κ3) is 3.46. The molecule has 0 fully saturated rings. The van der Waals surface area contributed by atoms with E-state index in [-0.39, 0.29) is 12.5 Å². The van der Waals surface area contributed by atoms with Crippen molar-refractivity contribution in [2.24, 2.45) is 0 Å². The van der Waals surface area contributed by atoms with Crippen LogP contribution in [0, 0.1) is 6.92 Å². The van der Waals surface area contributed by atoms with Gasteiger partial charge in [0.15, 0.2) is 0 Å². The molecule has 0 saturated heterocycles. The highest BCUT2D eigenvalue weighted by Gasteiger charge is 2.15. The zero-order chi connectivity index (χ0) is 15.2. The lowest BCUT2D eigenvalue weighted by Gasteiger charge is -2.08. The van der Waals surface area contributed by atoms with Crippen LogP contribution in [-0.4, -0.2) is 25.8 Å². The van der Waals surface area contributed by atoms with Gasteiger partial charge in [-0.15, -0.1) is 0 Å². The highest BCUT2D eigenvalue weighted by atomic mass is 16.3. The normalized spacial score (nSPS) is 10.6. The number of aliphatic hydroxyl groups is 1. The third-order valence-corrected chi connectivity index (χ3v) is 3.40. The molecule has 0 atom stereocenters. The number of carbonyl (C=O) groups excluding carboxylic acids is 1. The Labute approximate surface area is 123 Å². The molecule has 0 spiro atoms. The maximum atomic E-state index is 12.3. The largest absolute Gasteiger partial charge is 0.392 e. The van der Waals surface area contributed by atoms with Crippen LogP contribution in [0.25, 0.3) is 0 Å². The van der Waals surface area contributed by atoms with E-state index in [2.05, 4.69) is 22.3 Å². The summed E-state index contributed by atoms with van der Waals surface area (Å²) in [4.78, 5) is 16.3. The number of unbranched alkanes of at least 4 members (excludes halogenated alkanes) is 1. The van der Waals surface area contributed by atoms with E-state index in [9.17, 15) is 9.90 Å². The standard InChI is InChI=1S/C15H20N4O2/c1-3-4-7-19-11(2)13(8-17-19)15(21)18-14-9-16-6-5-12(14)10-20/h5-6,8-9,20H,3-4,7,10H2,1-2H3,(H,18,21). The molecular formula is C15H20N4O2. The van der Waals surface area contributed by atoms with Crippen molar-refractivity contribution in [1.29, 1.82) is 0 Å². The summed E-state index contributed by atoms with van der Waals surface area (Å²) >= 11 is 0. The molecule has 112 valence electrons. The SMILES string of the molecule is CCCCn1ncc(C(=O)Nc2cnccc2CO)c1C. The van der Waals surface area contributed by atoms with Crippen LogP contribution >= 0.6 is 0 Å². The molecule has 21 heavy (non-hydrogen) atoms. The number of amides is 1. The smallest absolute Gasteiger partial charge is 0.259 e. The Morgan fingerprint density at radius 2 is 2.24 bits per heavy atom. The van der Waals surface area contributed by atoms with Gasteiger partial charge in [0.1, 0.15) is 0 Å². The first-order valence-electron chi connectivity index (χ1n) is 7.04. The number of nitrogens with zero attached hydrogens (tertiary/aromatic N) is 3. The summed E-state index contributed by atoms with van der Waals surface area (Å²) in [5, 5.41) is 16.3. The lowest BCUT2D eigenvalue weighted by Crippen LogP contribution is -2.15. The summed E-state index contributed by atoms with van der Waals surface area (Å²) in [7, 11) is 0. The minimum atomic E-state index is -0.238. The topological polar surface area (TPSA) is 80.0 Å². The monoisotopic (exact) mass is 288 g/mol. The van der Waals surface area contributed by atoms with E-state index >= 15 is 0 Å². The first-order valence-corrected chi connectivity index (χ1v) is 7.04. The number of hydrogen-bond donors (Lipinski definition) is 2. The highest BCUT2D eigenvalue weighted by molar-refractivity contribution is 6.05. The van der Waals surface area contributed by atoms with E-state index in [1.807, 2.05) is 11.6 Å². The lowest BCUT2D eigenvalue weighted by molar-refractivity contribution is 0.102. The van der Waals surface area contributed by atoms with Crippen molar-refractivity contribution in [2.75, 3.05) is 5.32 Å². The molecule has 2 heterocycles. The van der Waals surface area contributed by atoms with Crippen LogP contribution in [0.3, 0.4) is 0 Å². The number of aromatic nitrogens is 3. The van der Waals surface area contributed by atoms with Crippen molar-refractivity contribution in [3.63, 3.8) is 0 Å². The molecule has 2 N–H and O–H groups in total. The Hall–Kier alpha value is -2.21. The summed E-state index contributed by atoms with van der Waals surface area (Å²) < 4.78 is 1.84. The number of aliphatic hydroxyl groups excluding tert-OH is 1. The van der Waals surface area contributed by atoms with Gasteiger partial charge in [0.25, 0.3) is 5.91 Å². The molecule has 2 rings (SSSR count). The fraction of sp³-hybridized carbons (Fsp3) is 0.400. The number of pyridine rings is 1. The van der Waals surface area contributed by atoms with Crippen molar-refractivity contribution in [2.45, 2.75) is 39.8 Å². The molecule has 0 saturated carbocycles. The zero-order valence-electron chi connectivity index (χ0n) is 12.3. The summed E-state index contributed by atoms with van der Waals surface area (Å²) in [6, 6.07) is 1.67. The van der Waals surface area contributed by atoms with E-state index in [0.717, 1.165) is 25.1 Å². The van der Waals surface area contributed by atoms with Gasteiger partial charge < -0.3 is 10.4 Å². The van der Waals surface area contributed by atoms with Crippen molar-refractivity contribution < 1.29 is 9.90 Å². The van der Waals surface area contributed by atoms with Crippen molar-refractivity contribution in [1.82, 2.24) is 14.8 Å². The first-order chi connectivity index (χ1) is 10.2. The number of carbonyl (C=O) groups is 1. The molecule has 0 radical (unpaired) electrons. The van der Waals surface area contributed by atoms with Gasteiger partial charge in [-0.05, 0) is 19.4 Å². The molecule has 6 heteroatoms. The molecular weight excluding hydrogens is 268 g/mol. The van der Waals surface area contributed by atoms with Gasteiger partial charge in [0.2, 0.25) is 0 Å². The highest BCUT2D eigenvalue weighted by Crippen LogP contribution is 2.16. The van der Waals surface area contributed by atoms with Crippen LogP contribution in [0.1, 0.15) is 41.4 Å². The van der Waals surface area contributed by atoms with Gasteiger partial charge in [-0.2, -0.15) is 5.10 Å². The van der Waals surface area contributed by atoms with E-state index < -0.39 is 0 Å². The summed E-state index contributed by atoms with van der Waals surface area (Å²) in [5.74, 6) is -0.238. The molecule has 0 aliphatic heterocycles. The summed E-state index contributed by atoms with van der Waals surface area (Å²) in [6.45, 7) is 4.66. The van der Waals surface area contributed by atoms with Crippen LogP contribution in [0.5, 0.6) is 0 Å². The predicted molar refractivity (Wildman–Crippen MR) is 80.0 cm³/mol. The maximum absolute atomic E-state index is 12.3. The van der Waals surface area contributed by atoms with Crippen molar-refractivity contribution in [3.05, 3.63) is 41.5 Å². The number of rotatable bonds is 6. The number of nitrogens with one attached hydrogen (secondary N) is 1. The minimum Gasteiger partial charge on any atom is -0.392 e. The number of hydrogen-bond acceptors (Lipinski definition) is 4. The summed E-state index contributed by atoms with van der Waals surface area (Å²) in [6.07, 6.45) is 6.79. The molecule has 2 aromatic heterocycles. The van der Waals surface area contributed by atoms with Gasteiger partial charge in [-0.3, -0.25) is 14.5 Å². The van der Waals surface area contributed by atoms with Gasteiger partial charge in [0, 0.05) is 24.0 Å². The van der Waals surface area contributed by atoms with Crippen LogP contribution < -0.4 is 5.32 Å². The number of aryl methyl sites for hydroxylation is 1. The second kappa shape index (κ2) is 6.99. The quantitative estimate of drug-likeness (QED) is 0.853. The molecule has 0 aliphatic carbocycles. The predicted octanol–water partition coefficient (Wildman–Crippen LogP) is 2.13. The molecule has 0 aliphatic rings. The Kier molecular flexibility index (Phi) is 5.05. The average Bonchev–Trinajstić information content (AvgIpc) is 2.86. The van der Waals surface area contributed by atoms with Crippen LogP contribution in [-0.2, 0) is 13.2 Å². The number of anilines is 1. The third-order valence-electron chi connectivity index (χ3n) is 3.40. The average molecular weight is 288 g/mol. The van der Waals surface area contributed by atoms with Gasteiger partial charge in [-0.25, -0.2) is 0 Å². The van der Waals surface area contributed by atoms with Crippen LogP contribution in [0.15, 0.2) is 24.7 Å². The van der Waals surface area contributed by atoms with Crippen molar-refractivity contribution >= 4 is 11.6 Å². The molecule has 1 amide bonds. The van der Waals surface area contributed by atoms with E-state index in [1.165, 1.54) is 6.20 Å². The molecule has 6 nitrogen and oxygen atoms in total. The minimum absolute atomic E-state index is 0.146. The Balaban J connectivity index is 2.15. The molecule has 0 bridgehead atoms. The second-order valence-corrected chi connectivity index (χ2v) is 4.87. The maximum Gasteiger partial charge on any atom is 0.259 e. The molecule has 0 unspecified atom stereocenters. The van der Waals surface area contributed by atoms with Crippen LogP contribution in [0.4, 0.5) is 5.69 Å². The Morgan fingerprint density at radius 3 is 2.95 bits per heavy atom. The zero-order valence-corrected chi connectivity index (χ0v) is 12.3. The molecule has 2 aromatic rings. The first kappa shape index (κ1) is 15.2. The Morgan fingerprint density at radius 1 is 1.43 bits per heavy atom. The second-order valence-electron chi connectivity index (χ2n) is 4.87.